The third kappa shape index (κ3) is 5.17. The van der Waals surface area contributed by atoms with E-state index in [1.54, 1.807) is 11.3 Å². The van der Waals surface area contributed by atoms with E-state index in [0.29, 0.717) is 6.42 Å². The van der Waals surface area contributed by atoms with Crippen LogP contribution < -0.4 is 5.32 Å². The third-order valence-corrected chi connectivity index (χ3v) is 5.22. The molecule has 130 valence electrons. The topological polar surface area (TPSA) is 42.0 Å². The first-order chi connectivity index (χ1) is 11.1. The van der Waals surface area contributed by atoms with Crippen LogP contribution in [0.4, 0.5) is 0 Å². The van der Waals surface area contributed by atoms with Crippen LogP contribution >= 0.6 is 11.3 Å². The molecule has 0 radical (unpaired) electrons. The largest absolute Gasteiger partial charge is 0.351 e. The van der Waals surface area contributed by atoms with Crippen LogP contribution in [-0.2, 0) is 23.1 Å². The number of aromatic nitrogens is 1. The van der Waals surface area contributed by atoms with Crippen molar-refractivity contribution in [1.82, 2.24) is 10.3 Å². The first-order valence-corrected chi connectivity index (χ1v) is 9.25. The quantitative estimate of drug-likeness (QED) is 0.872. The number of carbonyl (C=O) groups excluding carboxylic acids is 1. The SMILES string of the molecule is Cc1ccccc1CC(C)(C)NC(=O)Cc1csc(C(C)(C)C)n1. The molecule has 1 N–H and O–H groups in total. The van der Waals surface area contributed by atoms with Gasteiger partial charge in [-0.3, -0.25) is 4.79 Å². The minimum Gasteiger partial charge on any atom is -0.351 e. The van der Waals surface area contributed by atoms with E-state index in [2.05, 4.69) is 64.0 Å². The fourth-order valence-electron chi connectivity index (χ4n) is 2.65. The number of nitrogens with one attached hydrogen (secondary N) is 1. The van der Waals surface area contributed by atoms with Crippen molar-refractivity contribution in [2.75, 3.05) is 0 Å². The second-order valence-corrected chi connectivity index (χ2v) is 8.96. The summed E-state index contributed by atoms with van der Waals surface area (Å²) in [4.78, 5) is 17.0. The van der Waals surface area contributed by atoms with E-state index in [4.69, 9.17) is 0 Å². The smallest absolute Gasteiger partial charge is 0.226 e. The minimum atomic E-state index is -0.286. The van der Waals surface area contributed by atoms with Crippen molar-refractivity contribution in [1.29, 1.82) is 0 Å². The van der Waals surface area contributed by atoms with Gasteiger partial charge < -0.3 is 5.32 Å². The highest BCUT2D eigenvalue weighted by Crippen LogP contribution is 2.25. The Morgan fingerprint density at radius 1 is 1.17 bits per heavy atom. The summed E-state index contributed by atoms with van der Waals surface area (Å²) in [5.74, 6) is 0.0272. The van der Waals surface area contributed by atoms with Gasteiger partial charge in [0.2, 0.25) is 5.91 Å². The predicted molar refractivity (Wildman–Crippen MR) is 102 cm³/mol. The van der Waals surface area contributed by atoms with Crippen LogP contribution in [0.5, 0.6) is 0 Å². The highest BCUT2D eigenvalue weighted by molar-refractivity contribution is 7.09. The zero-order valence-corrected chi connectivity index (χ0v) is 16.4. The lowest BCUT2D eigenvalue weighted by atomic mass is 9.92. The van der Waals surface area contributed by atoms with Gasteiger partial charge >= 0.3 is 0 Å². The molecule has 24 heavy (non-hydrogen) atoms. The van der Waals surface area contributed by atoms with Crippen LogP contribution in [0.3, 0.4) is 0 Å². The van der Waals surface area contributed by atoms with Crippen molar-refractivity contribution in [3.63, 3.8) is 0 Å². The van der Waals surface area contributed by atoms with E-state index < -0.39 is 0 Å². The number of amides is 1. The van der Waals surface area contributed by atoms with Crippen molar-refractivity contribution in [3.05, 3.63) is 51.5 Å². The van der Waals surface area contributed by atoms with Crippen molar-refractivity contribution in [2.45, 2.75) is 65.3 Å². The van der Waals surface area contributed by atoms with Crippen molar-refractivity contribution < 1.29 is 4.79 Å². The first-order valence-electron chi connectivity index (χ1n) is 8.37. The van der Waals surface area contributed by atoms with Crippen LogP contribution in [0.2, 0.25) is 0 Å². The average Bonchev–Trinajstić information content (AvgIpc) is 2.88. The molecule has 0 atom stereocenters. The standard InChI is InChI=1S/C20H28N2OS/c1-14-9-7-8-10-15(14)12-20(5,6)22-17(23)11-16-13-24-18(21-16)19(2,3)4/h7-10,13H,11-12H2,1-6H3,(H,22,23). The number of benzene rings is 1. The zero-order valence-electron chi connectivity index (χ0n) is 15.6. The molecule has 0 saturated carbocycles. The Balaban J connectivity index is 1.98. The summed E-state index contributed by atoms with van der Waals surface area (Å²) in [6.45, 7) is 12.7. The summed E-state index contributed by atoms with van der Waals surface area (Å²) in [6, 6.07) is 8.32. The number of nitrogens with zero attached hydrogens (tertiary/aromatic N) is 1. The molecule has 2 rings (SSSR count). The van der Waals surface area contributed by atoms with E-state index in [1.807, 2.05) is 17.5 Å². The molecular formula is C20H28N2OS. The second kappa shape index (κ2) is 7.06. The molecule has 1 heterocycles. The van der Waals surface area contributed by atoms with E-state index in [1.165, 1.54) is 11.1 Å². The maximum absolute atomic E-state index is 12.4. The second-order valence-electron chi connectivity index (χ2n) is 8.11. The lowest BCUT2D eigenvalue weighted by molar-refractivity contribution is -0.122. The van der Waals surface area contributed by atoms with Crippen molar-refractivity contribution in [2.24, 2.45) is 0 Å². The maximum Gasteiger partial charge on any atom is 0.226 e. The summed E-state index contributed by atoms with van der Waals surface area (Å²) in [5, 5.41) is 6.22. The van der Waals surface area contributed by atoms with Crippen LogP contribution in [0.1, 0.15) is 56.4 Å². The lowest BCUT2D eigenvalue weighted by Crippen LogP contribution is -2.45. The van der Waals surface area contributed by atoms with Crippen LogP contribution in [0.25, 0.3) is 0 Å². The van der Waals surface area contributed by atoms with Gasteiger partial charge in [-0.25, -0.2) is 4.98 Å². The molecule has 1 aromatic heterocycles. The van der Waals surface area contributed by atoms with E-state index in [9.17, 15) is 4.79 Å². The summed E-state index contributed by atoms with van der Waals surface area (Å²) >= 11 is 1.63. The molecule has 3 nitrogen and oxygen atoms in total. The number of hydrogen-bond acceptors (Lipinski definition) is 3. The predicted octanol–water partition coefficient (Wildman–Crippen LogP) is 4.43. The molecular weight excluding hydrogens is 316 g/mol. The molecule has 0 fully saturated rings. The van der Waals surface area contributed by atoms with Crippen LogP contribution in [0.15, 0.2) is 29.6 Å². The molecule has 0 bridgehead atoms. The molecule has 0 spiro atoms. The van der Waals surface area contributed by atoms with Crippen LogP contribution in [0, 0.1) is 6.92 Å². The van der Waals surface area contributed by atoms with E-state index in [-0.39, 0.29) is 16.9 Å². The lowest BCUT2D eigenvalue weighted by Gasteiger charge is -2.27. The number of aryl methyl sites for hydroxylation is 1. The van der Waals surface area contributed by atoms with Crippen molar-refractivity contribution in [3.8, 4) is 0 Å². The third-order valence-electron chi connectivity index (χ3n) is 3.91. The van der Waals surface area contributed by atoms with E-state index >= 15 is 0 Å². The summed E-state index contributed by atoms with van der Waals surface area (Å²) in [6.07, 6.45) is 1.15. The molecule has 0 aliphatic rings. The van der Waals surface area contributed by atoms with Gasteiger partial charge in [-0.1, -0.05) is 45.0 Å². The van der Waals surface area contributed by atoms with Gasteiger partial charge in [0, 0.05) is 16.3 Å². The Kier molecular flexibility index (Phi) is 5.49. The number of hydrogen-bond donors (Lipinski definition) is 1. The summed E-state index contributed by atoms with van der Waals surface area (Å²) in [7, 11) is 0. The fourth-order valence-corrected chi connectivity index (χ4v) is 3.55. The summed E-state index contributed by atoms with van der Waals surface area (Å²) < 4.78 is 0. The monoisotopic (exact) mass is 344 g/mol. The molecule has 1 aromatic carbocycles. The normalized spacial score (nSPS) is 12.2. The number of thiazole rings is 1. The molecule has 4 heteroatoms. The van der Waals surface area contributed by atoms with Gasteiger partial charge in [-0.05, 0) is 38.3 Å². The van der Waals surface area contributed by atoms with Gasteiger partial charge in [0.05, 0.1) is 17.1 Å². The Hall–Kier alpha value is -1.68. The molecule has 0 unspecified atom stereocenters. The average molecular weight is 345 g/mol. The van der Waals surface area contributed by atoms with Crippen LogP contribution in [-0.4, -0.2) is 16.4 Å². The Morgan fingerprint density at radius 3 is 2.42 bits per heavy atom. The molecule has 0 saturated heterocycles. The Morgan fingerprint density at radius 2 is 1.83 bits per heavy atom. The Labute approximate surface area is 149 Å². The highest BCUT2D eigenvalue weighted by Gasteiger charge is 2.23. The van der Waals surface area contributed by atoms with Gasteiger partial charge in [0.25, 0.3) is 0 Å². The number of carbonyl (C=O) groups is 1. The number of rotatable bonds is 5. The Bertz CT molecular complexity index is 710. The zero-order chi connectivity index (χ0) is 18.0. The van der Waals surface area contributed by atoms with Gasteiger partial charge in [0.1, 0.15) is 0 Å². The molecule has 0 aliphatic heterocycles. The van der Waals surface area contributed by atoms with Gasteiger partial charge in [-0.2, -0.15) is 0 Å². The van der Waals surface area contributed by atoms with E-state index in [0.717, 1.165) is 17.1 Å². The first kappa shape index (κ1) is 18.7. The molecule has 1 amide bonds. The molecule has 2 aromatic rings. The fraction of sp³-hybridized carbons (Fsp3) is 0.500. The van der Waals surface area contributed by atoms with Crippen molar-refractivity contribution >= 4 is 17.2 Å². The van der Waals surface area contributed by atoms with Gasteiger partial charge in [-0.15, -0.1) is 11.3 Å². The highest BCUT2D eigenvalue weighted by atomic mass is 32.1. The summed E-state index contributed by atoms with van der Waals surface area (Å²) in [5.41, 5.74) is 3.13. The maximum atomic E-state index is 12.4. The minimum absolute atomic E-state index is 0.0272. The molecule has 0 aliphatic carbocycles. The van der Waals surface area contributed by atoms with Gasteiger partial charge in [0.15, 0.2) is 0 Å².